The molecule has 1 heterocycles. The lowest BCUT2D eigenvalue weighted by Gasteiger charge is -2.26. The maximum absolute atomic E-state index is 13.2. The molecule has 1 aromatic rings. The first-order chi connectivity index (χ1) is 10.9. The third-order valence-corrected chi connectivity index (χ3v) is 3.88. The summed E-state index contributed by atoms with van der Waals surface area (Å²) < 4.78 is 44.8. The van der Waals surface area contributed by atoms with Gasteiger partial charge in [0.05, 0.1) is 6.61 Å². The van der Waals surface area contributed by atoms with E-state index in [1.807, 2.05) is 0 Å². The van der Waals surface area contributed by atoms with E-state index in [0.29, 0.717) is 25.3 Å². The fraction of sp³-hybridized carbons (Fsp3) is 0.562. The molecule has 23 heavy (non-hydrogen) atoms. The lowest BCUT2D eigenvalue weighted by Crippen LogP contribution is -2.51. The number of rotatable bonds is 5. The van der Waals surface area contributed by atoms with Crippen molar-refractivity contribution < 1.29 is 22.7 Å². The van der Waals surface area contributed by atoms with Crippen LogP contribution in [0.1, 0.15) is 12.0 Å². The van der Waals surface area contributed by atoms with Gasteiger partial charge in [-0.05, 0) is 12.0 Å². The van der Waals surface area contributed by atoms with Gasteiger partial charge in [-0.15, -0.1) is 0 Å². The standard InChI is InChI=1S/C16H21F3N2O2/c1-21(10-13-7-8-23-11-13)15(22)20-14(16(17,18)19)9-12-5-3-2-4-6-12/h2-6,13-14H,7-11H2,1H3,(H,20,22). The predicted molar refractivity (Wildman–Crippen MR) is 80.1 cm³/mol. The van der Waals surface area contributed by atoms with Crippen molar-refractivity contribution in [3.05, 3.63) is 35.9 Å². The molecule has 1 fully saturated rings. The average Bonchev–Trinajstić information content (AvgIpc) is 2.99. The zero-order chi connectivity index (χ0) is 16.9. The molecule has 4 nitrogen and oxygen atoms in total. The minimum absolute atomic E-state index is 0.184. The van der Waals surface area contributed by atoms with Gasteiger partial charge in [0, 0.05) is 32.5 Å². The molecule has 0 aliphatic carbocycles. The van der Waals surface area contributed by atoms with Crippen molar-refractivity contribution in [3.63, 3.8) is 0 Å². The van der Waals surface area contributed by atoms with Gasteiger partial charge in [-0.25, -0.2) is 4.79 Å². The predicted octanol–water partition coefficient (Wildman–Crippen LogP) is 2.84. The summed E-state index contributed by atoms with van der Waals surface area (Å²) in [4.78, 5) is 13.3. The van der Waals surface area contributed by atoms with Crippen molar-refractivity contribution in [2.75, 3.05) is 26.8 Å². The first-order valence-electron chi connectivity index (χ1n) is 7.56. The number of alkyl halides is 3. The van der Waals surface area contributed by atoms with Crippen molar-refractivity contribution in [3.8, 4) is 0 Å². The number of carbonyl (C=O) groups excluding carboxylic acids is 1. The molecule has 0 saturated carbocycles. The molecule has 1 saturated heterocycles. The van der Waals surface area contributed by atoms with Gasteiger partial charge >= 0.3 is 12.2 Å². The molecule has 0 aromatic heterocycles. The number of benzene rings is 1. The minimum Gasteiger partial charge on any atom is -0.381 e. The summed E-state index contributed by atoms with van der Waals surface area (Å²) in [6, 6.07) is 5.71. The lowest BCUT2D eigenvalue weighted by atomic mass is 10.1. The van der Waals surface area contributed by atoms with Gasteiger partial charge in [0.2, 0.25) is 0 Å². The van der Waals surface area contributed by atoms with Crippen LogP contribution < -0.4 is 5.32 Å². The Morgan fingerprint density at radius 3 is 2.65 bits per heavy atom. The molecule has 128 valence electrons. The van der Waals surface area contributed by atoms with E-state index in [0.717, 1.165) is 6.42 Å². The Morgan fingerprint density at radius 1 is 1.39 bits per heavy atom. The van der Waals surface area contributed by atoms with Crippen LogP contribution in [0.15, 0.2) is 30.3 Å². The number of hydrogen-bond donors (Lipinski definition) is 1. The summed E-state index contributed by atoms with van der Waals surface area (Å²) in [6.07, 6.45) is -3.95. The van der Waals surface area contributed by atoms with E-state index in [2.05, 4.69) is 5.32 Å². The van der Waals surface area contributed by atoms with Gasteiger partial charge in [0.25, 0.3) is 0 Å². The smallest absolute Gasteiger partial charge is 0.381 e. The van der Waals surface area contributed by atoms with Crippen LogP contribution in [-0.2, 0) is 11.2 Å². The Kier molecular flexibility index (Phi) is 5.87. The van der Waals surface area contributed by atoms with Gasteiger partial charge in [-0.3, -0.25) is 0 Å². The van der Waals surface area contributed by atoms with Crippen molar-refractivity contribution >= 4 is 6.03 Å². The number of halogens is 3. The molecular weight excluding hydrogens is 309 g/mol. The van der Waals surface area contributed by atoms with E-state index in [-0.39, 0.29) is 12.3 Å². The average molecular weight is 330 g/mol. The van der Waals surface area contributed by atoms with Crippen LogP contribution in [0.4, 0.5) is 18.0 Å². The lowest BCUT2D eigenvalue weighted by molar-refractivity contribution is -0.153. The molecular formula is C16H21F3N2O2. The summed E-state index contributed by atoms with van der Waals surface area (Å²) >= 11 is 0. The van der Waals surface area contributed by atoms with Crippen LogP contribution in [0.5, 0.6) is 0 Å². The molecule has 1 aliphatic heterocycles. The highest BCUT2D eigenvalue weighted by atomic mass is 19.4. The SMILES string of the molecule is CN(CC1CCOC1)C(=O)NC(Cc1ccccc1)C(F)(F)F. The molecule has 2 unspecified atom stereocenters. The Labute approximate surface area is 133 Å². The molecule has 0 bridgehead atoms. The highest BCUT2D eigenvalue weighted by Gasteiger charge is 2.41. The monoisotopic (exact) mass is 330 g/mol. The van der Waals surface area contributed by atoms with E-state index >= 15 is 0 Å². The third kappa shape index (κ3) is 5.42. The van der Waals surface area contributed by atoms with Crippen molar-refractivity contribution in [2.45, 2.75) is 25.1 Å². The number of urea groups is 1. The van der Waals surface area contributed by atoms with Crippen LogP contribution in [0, 0.1) is 5.92 Å². The number of nitrogens with zero attached hydrogens (tertiary/aromatic N) is 1. The molecule has 0 radical (unpaired) electrons. The number of carbonyl (C=O) groups is 1. The van der Waals surface area contributed by atoms with Crippen molar-refractivity contribution in [1.82, 2.24) is 10.2 Å². The van der Waals surface area contributed by atoms with Crippen molar-refractivity contribution in [2.24, 2.45) is 5.92 Å². The molecule has 1 N–H and O–H groups in total. The molecule has 2 amide bonds. The minimum atomic E-state index is -4.50. The maximum atomic E-state index is 13.2. The molecule has 7 heteroatoms. The van der Waals surface area contributed by atoms with Gasteiger partial charge in [-0.2, -0.15) is 13.2 Å². The van der Waals surface area contributed by atoms with E-state index in [9.17, 15) is 18.0 Å². The first-order valence-corrected chi connectivity index (χ1v) is 7.56. The third-order valence-electron chi connectivity index (χ3n) is 3.88. The zero-order valence-corrected chi connectivity index (χ0v) is 13.0. The number of ether oxygens (including phenoxy) is 1. The summed E-state index contributed by atoms with van der Waals surface area (Å²) in [6.45, 7) is 1.57. The molecule has 2 rings (SSSR count). The second-order valence-electron chi connectivity index (χ2n) is 5.84. The number of amides is 2. The molecule has 2 atom stereocenters. The Bertz CT molecular complexity index is 502. The number of hydrogen-bond acceptors (Lipinski definition) is 2. The molecule has 1 aliphatic rings. The molecule has 1 aromatic carbocycles. The van der Waals surface area contributed by atoms with Gasteiger partial charge in [0.1, 0.15) is 6.04 Å². The zero-order valence-electron chi connectivity index (χ0n) is 13.0. The van der Waals surface area contributed by atoms with Crippen LogP contribution in [0.2, 0.25) is 0 Å². The highest BCUT2D eigenvalue weighted by molar-refractivity contribution is 5.74. The Morgan fingerprint density at radius 2 is 2.09 bits per heavy atom. The second kappa shape index (κ2) is 7.68. The van der Waals surface area contributed by atoms with Crippen LogP contribution in [-0.4, -0.2) is 50.0 Å². The van der Waals surface area contributed by atoms with Crippen LogP contribution >= 0.6 is 0 Å². The van der Waals surface area contributed by atoms with Gasteiger partial charge in [0.15, 0.2) is 0 Å². The van der Waals surface area contributed by atoms with E-state index in [1.165, 1.54) is 11.9 Å². The summed E-state index contributed by atoms with van der Waals surface area (Å²) in [5.41, 5.74) is 0.530. The highest BCUT2D eigenvalue weighted by Crippen LogP contribution is 2.23. The summed E-state index contributed by atoms with van der Waals surface area (Å²) in [5, 5.41) is 2.10. The number of nitrogens with one attached hydrogen (secondary N) is 1. The van der Waals surface area contributed by atoms with E-state index in [4.69, 9.17) is 4.74 Å². The summed E-state index contributed by atoms with van der Waals surface area (Å²) in [5.74, 6) is 0.184. The Hall–Kier alpha value is -1.76. The fourth-order valence-electron chi connectivity index (χ4n) is 2.56. The van der Waals surface area contributed by atoms with Crippen molar-refractivity contribution in [1.29, 1.82) is 0 Å². The van der Waals surface area contributed by atoms with Gasteiger partial charge < -0.3 is 15.0 Å². The molecule has 0 spiro atoms. The van der Waals surface area contributed by atoms with Crippen LogP contribution in [0.3, 0.4) is 0 Å². The summed E-state index contributed by atoms with van der Waals surface area (Å²) in [7, 11) is 1.50. The van der Waals surface area contributed by atoms with E-state index in [1.54, 1.807) is 30.3 Å². The fourth-order valence-corrected chi connectivity index (χ4v) is 2.56. The van der Waals surface area contributed by atoms with E-state index < -0.39 is 18.2 Å². The topological polar surface area (TPSA) is 41.6 Å². The second-order valence-corrected chi connectivity index (χ2v) is 5.84. The van der Waals surface area contributed by atoms with Crippen LogP contribution in [0.25, 0.3) is 0 Å². The first kappa shape index (κ1) is 17.6. The largest absolute Gasteiger partial charge is 0.408 e. The Balaban J connectivity index is 1.95. The maximum Gasteiger partial charge on any atom is 0.408 e. The normalized spacial score (nSPS) is 19.4. The quantitative estimate of drug-likeness (QED) is 0.902. The van der Waals surface area contributed by atoms with Gasteiger partial charge in [-0.1, -0.05) is 30.3 Å².